The van der Waals surface area contributed by atoms with Gasteiger partial charge in [0.15, 0.2) is 0 Å². The van der Waals surface area contributed by atoms with Crippen LogP contribution in [0.3, 0.4) is 0 Å². The molecule has 2 heterocycles. The molecule has 1 unspecified atom stereocenters. The summed E-state index contributed by atoms with van der Waals surface area (Å²) in [5.41, 5.74) is 0. The molecule has 0 spiro atoms. The van der Waals surface area contributed by atoms with Gasteiger partial charge in [0.2, 0.25) is 0 Å². The van der Waals surface area contributed by atoms with Gasteiger partial charge in [0, 0.05) is 30.3 Å². The first-order valence-corrected chi connectivity index (χ1v) is 10.3. The number of nitrogens with one attached hydrogen (secondary N) is 2. The number of Topliss-reactive ketones (excluding diaryl/α,β-unsaturated/α-hetero) is 2. The largest absolute Gasteiger partial charge is 0.332 e. The molecule has 0 saturated carbocycles. The Balaban J connectivity index is 1.45. The number of unbranched alkanes of at least 4 members (excludes halogenated alkanes) is 4. The Morgan fingerprint density at radius 3 is 2.38 bits per heavy atom. The fraction of sp³-hybridized carbons (Fsp3) is 0.833. The molecule has 0 aromatic carbocycles. The Kier molecular flexibility index (Phi) is 8.09. The summed E-state index contributed by atoms with van der Waals surface area (Å²) in [5.74, 6) is 1.62. The van der Waals surface area contributed by atoms with Crippen LogP contribution in [0.1, 0.15) is 71.1 Å². The molecule has 2 amide bonds. The lowest BCUT2D eigenvalue weighted by Crippen LogP contribution is -2.36. The van der Waals surface area contributed by atoms with Crippen LogP contribution >= 0.6 is 11.8 Å². The quantitative estimate of drug-likeness (QED) is 0.417. The lowest BCUT2D eigenvalue weighted by molar-refractivity contribution is -0.119. The van der Waals surface area contributed by atoms with E-state index in [1.165, 1.54) is 0 Å². The molecule has 5 nitrogen and oxygen atoms in total. The van der Waals surface area contributed by atoms with Crippen LogP contribution in [0.25, 0.3) is 0 Å². The molecule has 2 rings (SSSR count). The van der Waals surface area contributed by atoms with E-state index in [1.807, 2.05) is 11.8 Å². The van der Waals surface area contributed by atoms with Gasteiger partial charge in [-0.05, 0) is 32.6 Å². The number of carbonyl (C=O) groups excluding carboxylic acids is 3. The molecule has 2 fully saturated rings. The number of ketones is 2. The third-order valence-electron chi connectivity index (χ3n) is 4.87. The van der Waals surface area contributed by atoms with Crippen molar-refractivity contribution in [2.45, 2.75) is 88.5 Å². The van der Waals surface area contributed by atoms with Crippen LogP contribution in [-0.2, 0) is 9.59 Å². The molecular weight excluding hydrogens is 324 g/mol. The van der Waals surface area contributed by atoms with E-state index in [-0.39, 0.29) is 23.9 Å². The molecule has 0 aromatic rings. The highest BCUT2D eigenvalue weighted by Gasteiger charge is 2.42. The summed E-state index contributed by atoms with van der Waals surface area (Å²) in [5, 5.41) is 6.45. The predicted molar refractivity (Wildman–Crippen MR) is 97.3 cm³/mol. The van der Waals surface area contributed by atoms with Crippen LogP contribution in [-0.4, -0.2) is 40.7 Å². The number of fused-ring (bicyclic) bond motifs is 1. The van der Waals surface area contributed by atoms with Crippen molar-refractivity contribution < 1.29 is 14.4 Å². The van der Waals surface area contributed by atoms with Crippen molar-refractivity contribution in [3.8, 4) is 0 Å². The summed E-state index contributed by atoms with van der Waals surface area (Å²) in [6.45, 7) is 1.63. The molecule has 6 heteroatoms. The SMILES string of the molecule is CC(=O)CCCCCCC(=O)CCCCC1SC[C@@H]2NC(=O)N[C@H]12. The zero-order valence-electron chi connectivity index (χ0n) is 14.6. The maximum atomic E-state index is 11.9. The number of hydrogen-bond acceptors (Lipinski definition) is 4. The van der Waals surface area contributed by atoms with Crippen molar-refractivity contribution in [1.82, 2.24) is 10.6 Å². The summed E-state index contributed by atoms with van der Waals surface area (Å²) in [7, 11) is 0. The fourth-order valence-corrected chi connectivity index (χ4v) is 5.03. The molecule has 0 aromatic heterocycles. The van der Waals surface area contributed by atoms with Gasteiger partial charge in [0.05, 0.1) is 12.1 Å². The first-order valence-electron chi connectivity index (χ1n) is 9.26. The van der Waals surface area contributed by atoms with E-state index in [1.54, 1.807) is 6.92 Å². The first kappa shape index (κ1) is 19.3. The van der Waals surface area contributed by atoms with Crippen LogP contribution in [0.2, 0.25) is 0 Å². The average Bonchev–Trinajstić information content (AvgIpc) is 3.06. The highest BCUT2D eigenvalue weighted by Crippen LogP contribution is 2.33. The predicted octanol–water partition coefficient (Wildman–Crippen LogP) is 3.21. The third-order valence-corrected chi connectivity index (χ3v) is 6.38. The number of urea groups is 1. The van der Waals surface area contributed by atoms with Gasteiger partial charge >= 0.3 is 6.03 Å². The smallest absolute Gasteiger partial charge is 0.315 e. The Hall–Kier alpha value is -1.04. The van der Waals surface area contributed by atoms with Gasteiger partial charge < -0.3 is 15.4 Å². The second-order valence-electron chi connectivity index (χ2n) is 7.02. The fourth-order valence-electron chi connectivity index (χ4n) is 3.49. The number of thioether (sulfide) groups is 1. The van der Waals surface area contributed by atoms with E-state index in [0.717, 1.165) is 50.7 Å². The maximum absolute atomic E-state index is 11.9. The van der Waals surface area contributed by atoms with Crippen LogP contribution in [0, 0.1) is 0 Å². The van der Waals surface area contributed by atoms with Crippen LogP contribution in [0.4, 0.5) is 4.79 Å². The maximum Gasteiger partial charge on any atom is 0.315 e. The van der Waals surface area contributed by atoms with E-state index in [4.69, 9.17) is 0 Å². The summed E-state index contributed by atoms with van der Waals surface area (Å²) < 4.78 is 0. The van der Waals surface area contributed by atoms with Crippen molar-refractivity contribution in [2.24, 2.45) is 0 Å². The van der Waals surface area contributed by atoms with E-state index in [0.29, 0.717) is 30.3 Å². The zero-order chi connectivity index (χ0) is 17.4. The molecule has 0 bridgehead atoms. The molecule has 0 aliphatic carbocycles. The third kappa shape index (κ3) is 6.46. The first-order chi connectivity index (χ1) is 11.6. The second kappa shape index (κ2) is 10.1. The monoisotopic (exact) mass is 354 g/mol. The molecule has 3 atom stereocenters. The number of amides is 2. The lowest BCUT2D eigenvalue weighted by Gasteiger charge is -2.16. The Bertz CT molecular complexity index is 456. The van der Waals surface area contributed by atoms with Crippen molar-refractivity contribution in [2.75, 3.05) is 5.75 Å². The van der Waals surface area contributed by atoms with Gasteiger partial charge in [-0.25, -0.2) is 4.79 Å². The minimum Gasteiger partial charge on any atom is -0.332 e. The summed E-state index contributed by atoms with van der Waals surface area (Å²) >= 11 is 1.93. The van der Waals surface area contributed by atoms with E-state index < -0.39 is 0 Å². The van der Waals surface area contributed by atoms with Gasteiger partial charge in [-0.15, -0.1) is 0 Å². The summed E-state index contributed by atoms with van der Waals surface area (Å²) in [4.78, 5) is 34.0. The topological polar surface area (TPSA) is 75.3 Å². The number of carbonyl (C=O) groups is 3. The molecule has 24 heavy (non-hydrogen) atoms. The number of hydrogen-bond donors (Lipinski definition) is 2. The highest BCUT2D eigenvalue weighted by atomic mass is 32.2. The summed E-state index contributed by atoms with van der Waals surface area (Å²) in [6, 6.07) is 0.527. The van der Waals surface area contributed by atoms with Crippen LogP contribution in [0.15, 0.2) is 0 Å². The van der Waals surface area contributed by atoms with Gasteiger partial charge in [0.25, 0.3) is 0 Å². The molecule has 0 radical (unpaired) electrons. The summed E-state index contributed by atoms with van der Waals surface area (Å²) in [6.07, 6.45) is 9.14. The second-order valence-corrected chi connectivity index (χ2v) is 8.29. The van der Waals surface area contributed by atoms with Crippen molar-refractivity contribution >= 4 is 29.4 Å². The molecule has 2 aliphatic heterocycles. The molecular formula is C18H30N2O3S. The Morgan fingerprint density at radius 1 is 1.00 bits per heavy atom. The van der Waals surface area contributed by atoms with Gasteiger partial charge in [0.1, 0.15) is 11.6 Å². The van der Waals surface area contributed by atoms with Crippen LogP contribution < -0.4 is 10.6 Å². The van der Waals surface area contributed by atoms with Crippen molar-refractivity contribution in [3.63, 3.8) is 0 Å². The average molecular weight is 355 g/mol. The minimum absolute atomic E-state index is 0.0335. The highest BCUT2D eigenvalue weighted by molar-refractivity contribution is 8.00. The zero-order valence-corrected chi connectivity index (χ0v) is 15.5. The Labute approximate surface area is 149 Å². The molecule has 2 N–H and O–H groups in total. The standard InChI is InChI=1S/C18H30N2O3S/c1-13(21)8-4-2-3-5-9-14(22)10-6-7-11-16-17-15(12-24-16)19-18(23)20-17/h15-17H,2-12H2,1H3,(H2,19,20,23)/t15-,16?,17-/m0/s1. The molecule has 2 aliphatic rings. The molecule has 136 valence electrons. The minimum atomic E-state index is -0.0335. The van der Waals surface area contributed by atoms with Crippen molar-refractivity contribution in [3.05, 3.63) is 0 Å². The Morgan fingerprint density at radius 2 is 1.67 bits per heavy atom. The lowest BCUT2D eigenvalue weighted by atomic mass is 10.0. The normalized spacial score (nSPS) is 25.2. The van der Waals surface area contributed by atoms with Crippen molar-refractivity contribution in [1.29, 1.82) is 0 Å². The van der Waals surface area contributed by atoms with Gasteiger partial charge in [-0.2, -0.15) is 11.8 Å². The van der Waals surface area contributed by atoms with E-state index >= 15 is 0 Å². The van der Waals surface area contributed by atoms with E-state index in [9.17, 15) is 14.4 Å². The van der Waals surface area contributed by atoms with E-state index in [2.05, 4.69) is 10.6 Å². The van der Waals surface area contributed by atoms with Crippen LogP contribution in [0.5, 0.6) is 0 Å². The van der Waals surface area contributed by atoms with Gasteiger partial charge in [-0.3, -0.25) is 4.79 Å². The van der Waals surface area contributed by atoms with Gasteiger partial charge in [-0.1, -0.05) is 19.3 Å². The molecule has 2 saturated heterocycles. The number of rotatable bonds is 12.